The zero-order valence-corrected chi connectivity index (χ0v) is 14.4. The summed E-state index contributed by atoms with van der Waals surface area (Å²) in [5.41, 5.74) is 3.60. The summed E-state index contributed by atoms with van der Waals surface area (Å²) in [6.07, 6.45) is 5.33. The van der Waals surface area contributed by atoms with Crippen molar-refractivity contribution in [2.24, 2.45) is 5.41 Å². The van der Waals surface area contributed by atoms with Crippen LogP contribution in [-0.2, 0) is 0 Å². The summed E-state index contributed by atoms with van der Waals surface area (Å²) in [5.74, 6) is 1.65. The number of aromatic nitrogens is 3. The Morgan fingerprint density at radius 2 is 2.08 bits per heavy atom. The average Bonchev–Trinajstić information content (AvgIpc) is 3.02. The molecule has 2 saturated heterocycles. The highest BCUT2D eigenvalue weighted by molar-refractivity contribution is 5.75. The zero-order chi connectivity index (χ0) is 17.7. The second-order valence-corrected chi connectivity index (χ2v) is 7.13. The van der Waals surface area contributed by atoms with Crippen molar-refractivity contribution in [3.8, 4) is 22.9 Å². The van der Waals surface area contributed by atoms with E-state index in [1.807, 2.05) is 18.5 Å². The van der Waals surface area contributed by atoms with Crippen molar-refractivity contribution in [3.63, 3.8) is 0 Å². The van der Waals surface area contributed by atoms with E-state index in [0.717, 1.165) is 43.1 Å². The molecule has 1 spiro atoms. The number of hydrogen-bond acceptors (Lipinski definition) is 6. The molecule has 0 aliphatic carbocycles. The molecule has 1 N–H and O–H groups in total. The Bertz CT molecular complexity index is 1020. The van der Waals surface area contributed by atoms with E-state index in [0.29, 0.717) is 22.2 Å². The van der Waals surface area contributed by atoms with Gasteiger partial charge < -0.3 is 15.0 Å². The molecule has 130 valence electrons. The Morgan fingerprint density at radius 3 is 2.69 bits per heavy atom. The number of nitrogens with zero attached hydrogens (tertiary/aromatic N) is 5. The maximum absolute atomic E-state index is 9.22. The van der Waals surface area contributed by atoms with Crippen LogP contribution >= 0.6 is 0 Å². The standard InChI is InChI=1S/C19H18N6O/c1-26-16-4-14(8-25-18(16)15(5-20)7-23-25)13-2-3-17(22-6-13)24-11-19(12-24)9-21-10-19/h2-4,6-8,21H,9-12H2,1H3. The van der Waals surface area contributed by atoms with Crippen LogP contribution < -0.4 is 15.0 Å². The molecule has 0 radical (unpaired) electrons. The zero-order valence-electron chi connectivity index (χ0n) is 14.4. The van der Waals surface area contributed by atoms with E-state index >= 15 is 0 Å². The maximum atomic E-state index is 9.22. The summed E-state index contributed by atoms with van der Waals surface area (Å²) in [4.78, 5) is 6.96. The van der Waals surface area contributed by atoms with E-state index in [2.05, 4.69) is 38.5 Å². The summed E-state index contributed by atoms with van der Waals surface area (Å²) in [6.45, 7) is 4.40. The molecule has 2 aliphatic rings. The lowest BCUT2D eigenvalue weighted by atomic mass is 9.74. The lowest BCUT2D eigenvalue weighted by Crippen LogP contribution is -2.71. The maximum Gasteiger partial charge on any atom is 0.146 e. The van der Waals surface area contributed by atoms with Crippen LogP contribution in [0.2, 0.25) is 0 Å². The molecule has 2 fully saturated rings. The Kier molecular flexibility index (Phi) is 3.18. The van der Waals surface area contributed by atoms with Crippen molar-refractivity contribution in [2.45, 2.75) is 0 Å². The first-order valence-electron chi connectivity index (χ1n) is 8.59. The third-order valence-electron chi connectivity index (χ3n) is 5.37. The first-order chi connectivity index (χ1) is 12.7. The number of nitriles is 1. The summed E-state index contributed by atoms with van der Waals surface area (Å²) >= 11 is 0. The van der Waals surface area contributed by atoms with Crippen LogP contribution in [0.5, 0.6) is 5.75 Å². The van der Waals surface area contributed by atoms with Crippen LogP contribution in [-0.4, -0.2) is 47.9 Å². The predicted molar refractivity (Wildman–Crippen MR) is 97.2 cm³/mol. The van der Waals surface area contributed by atoms with Crippen LogP contribution in [0.15, 0.2) is 36.8 Å². The number of rotatable bonds is 3. The number of anilines is 1. The van der Waals surface area contributed by atoms with Crippen molar-refractivity contribution < 1.29 is 4.74 Å². The molecule has 0 aromatic carbocycles. The molecule has 5 heterocycles. The molecule has 3 aromatic heterocycles. The number of fused-ring (bicyclic) bond motifs is 1. The van der Waals surface area contributed by atoms with Crippen LogP contribution in [0.4, 0.5) is 5.82 Å². The SMILES string of the molecule is COc1cc(-c2ccc(N3CC4(CNC4)C3)nc2)cn2ncc(C#N)c12. The highest BCUT2D eigenvalue weighted by atomic mass is 16.5. The van der Waals surface area contributed by atoms with Crippen molar-refractivity contribution in [3.05, 3.63) is 42.4 Å². The van der Waals surface area contributed by atoms with E-state index in [-0.39, 0.29) is 0 Å². The lowest BCUT2D eigenvalue weighted by molar-refractivity contribution is 0.120. The highest BCUT2D eigenvalue weighted by Crippen LogP contribution is 2.37. The third-order valence-corrected chi connectivity index (χ3v) is 5.37. The molecule has 0 unspecified atom stereocenters. The average molecular weight is 346 g/mol. The summed E-state index contributed by atoms with van der Waals surface area (Å²) in [7, 11) is 1.60. The van der Waals surface area contributed by atoms with Crippen LogP contribution in [0.3, 0.4) is 0 Å². The number of ether oxygens (including phenoxy) is 1. The van der Waals surface area contributed by atoms with Gasteiger partial charge in [0.25, 0.3) is 0 Å². The molecule has 3 aromatic rings. The minimum Gasteiger partial charge on any atom is -0.494 e. The minimum atomic E-state index is 0.483. The van der Waals surface area contributed by atoms with E-state index in [9.17, 15) is 5.26 Å². The molecular weight excluding hydrogens is 328 g/mol. The third kappa shape index (κ3) is 2.16. The minimum absolute atomic E-state index is 0.483. The Morgan fingerprint density at radius 1 is 1.23 bits per heavy atom. The van der Waals surface area contributed by atoms with E-state index in [4.69, 9.17) is 4.74 Å². The normalized spacial score (nSPS) is 17.6. The van der Waals surface area contributed by atoms with E-state index < -0.39 is 0 Å². The van der Waals surface area contributed by atoms with Gasteiger partial charge in [0, 0.05) is 55.1 Å². The van der Waals surface area contributed by atoms with Gasteiger partial charge in [-0.15, -0.1) is 0 Å². The van der Waals surface area contributed by atoms with E-state index in [1.165, 1.54) is 0 Å². The number of pyridine rings is 2. The molecule has 7 heteroatoms. The quantitative estimate of drug-likeness (QED) is 0.777. The molecule has 0 saturated carbocycles. The van der Waals surface area contributed by atoms with Gasteiger partial charge in [0.05, 0.1) is 13.3 Å². The molecule has 0 atom stereocenters. The molecule has 5 rings (SSSR count). The Hall–Kier alpha value is -3.11. The lowest BCUT2D eigenvalue weighted by Gasteiger charge is -2.56. The summed E-state index contributed by atoms with van der Waals surface area (Å²) in [6, 6.07) is 8.21. The molecule has 7 nitrogen and oxygen atoms in total. The molecule has 2 aliphatic heterocycles. The second-order valence-electron chi connectivity index (χ2n) is 7.13. The fourth-order valence-corrected chi connectivity index (χ4v) is 3.85. The summed E-state index contributed by atoms with van der Waals surface area (Å²) < 4.78 is 7.16. The van der Waals surface area contributed by atoms with E-state index in [1.54, 1.807) is 17.8 Å². The van der Waals surface area contributed by atoms with Crippen molar-refractivity contribution >= 4 is 11.3 Å². The van der Waals surface area contributed by atoms with Crippen molar-refractivity contribution in [1.82, 2.24) is 19.9 Å². The topological polar surface area (TPSA) is 78.5 Å². The first-order valence-corrected chi connectivity index (χ1v) is 8.59. The largest absolute Gasteiger partial charge is 0.494 e. The van der Waals surface area contributed by atoms with Gasteiger partial charge in [-0.2, -0.15) is 10.4 Å². The molecular formula is C19H18N6O. The van der Waals surface area contributed by atoms with Gasteiger partial charge in [-0.25, -0.2) is 9.50 Å². The van der Waals surface area contributed by atoms with Gasteiger partial charge >= 0.3 is 0 Å². The van der Waals surface area contributed by atoms with Crippen LogP contribution in [0.25, 0.3) is 16.6 Å². The smallest absolute Gasteiger partial charge is 0.146 e. The summed E-state index contributed by atoms with van der Waals surface area (Å²) in [5, 5.41) is 16.8. The van der Waals surface area contributed by atoms with Gasteiger partial charge in [0.2, 0.25) is 0 Å². The van der Waals surface area contributed by atoms with Crippen molar-refractivity contribution in [2.75, 3.05) is 38.2 Å². The van der Waals surface area contributed by atoms with Crippen LogP contribution in [0, 0.1) is 16.7 Å². The van der Waals surface area contributed by atoms with Gasteiger partial charge in [0.1, 0.15) is 28.7 Å². The highest BCUT2D eigenvalue weighted by Gasteiger charge is 2.47. The predicted octanol–water partition coefficient (Wildman–Crippen LogP) is 1.69. The first kappa shape index (κ1) is 15.2. The van der Waals surface area contributed by atoms with Crippen molar-refractivity contribution in [1.29, 1.82) is 5.26 Å². The van der Waals surface area contributed by atoms with Crippen LogP contribution in [0.1, 0.15) is 5.56 Å². The monoisotopic (exact) mass is 346 g/mol. The fourth-order valence-electron chi connectivity index (χ4n) is 3.85. The van der Waals surface area contributed by atoms with Gasteiger partial charge in [0.15, 0.2) is 0 Å². The van der Waals surface area contributed by atoms with Gasteiger partial charge in [-0.3, -0.25) is 0 Å². The Labute approximate surface area is 150 Å². The number of hydrogen-bond donors (Lipinski definition) is 1. The Balaban J connectivity index is 1.45. The molecule has 0 amide bonds. The fraction of sp³-hybridized carbons (Fsp3) is 0.316. The second kappa shape index (κ2) is 5.44. The molecule has 26 heavy (non-hydrogen) atoms. The van der Waals surface area contributed by atoms with Gasteiger partial charge in [-0.05, 0) is 18.2 Å². The number of methoxy groups -OCH3 is 1. The molecule has 0 bridgehead atoms. The number of nitrogens with one attached hydrogen (secondary N) is 1. The van der Waals surface area contributed by atoms with Gasteiger partial charge in [-0.1, -0.05) is 0 Å².